The largest absolute Gasteiger partial charge is 0.387 e. The summed E-state index contributed by atoms with van der Waals surface area (Å²) in [4.78, 5) is 0. The Kier molecular flexibility index (Phi) is 3.72. The van der Waals surface area contributed by atoms with Crippen LogP contribution < -0.4 is 0 Å². The zero-order valence-electron chi connectivity index (χ0n) is 11.5. The van der Waals surface area contributed by atoms with Crippen molar-refractivity contribution in [3.63, 3.8) is 0 Å². The molecule has 2 heteroatoms. The summed E-state index contributed by atoms with van der Waals surface area (Å²) in [6.45, 7) is 5.92. The van der Waals surface area contributed by atoms with Crippen LogP contribution in [0.4, 0.5) is 4.39 Å². The zero-order chi connectivity index (χ0) is 14.0. The van der Waals surface area contributed by atoms with Crippen LogP contribution in [0.3, 0.4) is 0 Å². The summed E-state index contributed by atoms with van der Waals surface area (Å²) in [7, 11) is 0. The quantitative estimate of drug-likeness (QED) is 0.877. The highest BCUT2D eigenvalue weighted by molar-refractivity contribution is 5.34. The molecule has 1 N–H and O–H groups in total. The molecule has 19 heavy (non-hydrogen) atoms. The molecule has 2 aromatic carbocycles. The van der Waals surface area contributed by atoms with Crippen molar-refractivity contribution in [2.45, 2.75) is 32.3 Å². The van der Waals surface area contributed by atoms with Gasteiger partial charge in [0.2, 0.25) is 0 Å². The van der Waals surface area contributed by atoms with E-state index in [0.717, 1.165) is 16.7 Å². The van der Waals surface area contributed by atoms with Crippen molar-refractivity contribution in [1.29, 1.82) is 0 Å². The summed E-state index contributed by atoms with van der Waals surface area (Å²) >= 11 is 0. The number of rotatable bonds is 3. The van der Waals surface area contributed by atoms with Crippen LogP contribution in [-0.2, 0) is 5.41 Å². The van der Waals surface area contributed by atoms with Crippen molar-refractivity contribution in [3.05, 3.63) is 71.0 Å². The van der Waals surface area contributed by atoms with E-state index in [1.54, 1.807) is 12.1 Å². The Morgan fingerprint density at radius 2 is 1.58 bits per heavy atom. The second-order valence-corrected chi connectivity index (χ2v) is 5.49. The molecule has 2 rings (SSSR count). The number of aliphatic hydroxyl groups is 1. The van der Waals surface area contributed by atoms with E-state index in [9.17, 15) is 9.50 Å². The van der Waals surface area contributed by atoms with Crippen molar-refractivity contribution in [1.82, 2.24) is 0 Å². The maximum Gasteiger partial charge on any atom is 0.123 e. The van der Waals surface area contributed by atoms with Crippen molar-refractivity contribution in [3.8, 4) is 0 Å². The summed E-state index contributed by atoms with van der Waals surface area (Å²) in [6.07, 6.45) is -0.626. The lowest BCUT2D eigenvalue weighted by molar-refractivity contribution is 0.0996. The van der Waals surface area contributed by atoms with Crippen LogP contribution in [0.1, 0.15) is 36.6 Å². The molecule has 0 heterocycles. The standard InChI is InChI=1S/C17H19FO/c1-12-6-4-5-7-15(12)16(19)17(2,3)13-8-10-14(18)11-9-13/h4-11,16,19H,1-3H3. The molecule has 1 atom stereocenters. The molecule has 0 aliphatic carbocycles. The molecular weight excluding hydrogens is 239 g/mol. The van der Waals surface area contributed by atoms with E-state index in [4.69, 9.17) is 0 Å². The molecule has 1 unspecified atom stereocenters. The van der Waals surface area contributed by atoms with Gasteiger partial charge in [0.25, 0.3) is 0 Å². The third-order valence-electron chi connectivity index (χ3n) is 3.75. The number of aryl methyl sites for hydroxylation is 1. The Bertz CT molecular complexity index is 558. The lowest BCUT2D eigenvalue weighted by atomic mass is 9.76. The zero-order valence-corrected chi connectivity index (χ0v) is 11.5. The molecule has 0 aromatic heterocycles. The van der Waals surface area contributed by atoms with E-state index in [0.29, 0.717) is 0 Å². The average Bonchev–Trinajstić information content (AvgIpc) is 2.39. The van der Waals surface area contributed by atoms with Gasteiger partial charge < -0.3 is 5.11 Å². The van der Waals surface area contributed by atoms with Crippen LogP contribution in [0, 0.1) is 12.7 Å². The first-order chi connectivity index (χ1) is 8.93. The molecule has 0 amide bonds. The Morgan fingerprint density at radius 1 is 1.00 bits per heavy atom. The van der Waals surface area contributed by atoms with Crippen LogP contribution >= 0.6 is 0 Å². The normalized spacial score (nSPS) is 13.3. The first-order valence-corrected chi connectivity index (χ1v) is 6.42. The smallest absolute Gasteiger partial charge is 0.123 e. The van der Waals surface area contributed by atoms with Gasteiger partial charge in [-0.3, -0.25) is 0 Å². The van der Waals surface area contributed by atoms with E-state index in [1.807, 2.05) is 45.0 Å². The minimum absolute atomic E-state index is 0.259. The van der Waals surface area contributed by atoms with E-state index >= 15 is 0 Å². The topological polar surface area (TPSA) is 20.2 Å². The maximum atomic E-state index is 13.0. The molecule has 0 radical (unpaired) electrons. The Morgan fingerprint density at radius 3 is 2.16 bits per heavy atom. The van der Waals surface area contributed by atoms with Crippen molar-refractivity contribution in [2.75, 3.05) is 0 Å². The molecule has 0 spiro atoms. The molecule has 1 nitrogen and oxygen atoms in total. The van der Waals surface area contributed by atoms with Crippen LogP contribution in [-0.4, -0.2) is 5.11 Å². The molecule has 0 saturated heterocycles. The van der Waals surface area contributed by atoms with Crippen LogP contribution in [0.25, 0.3) is 0 Å². The molecule has 0 aliphatic rings. The molecule has 2 aromatic rings. The molecule has 0 saturated carbocycles. The number of halogens is 1. The molecule has 0 fully saturated rings. The van der Waals surface area contributed by atoms with Gasteiger partial charge in [-0.1, -0.05) is 50.2 Å². The fourth-order valence-electron chi connectivity index (χ4n) is 2.32. The minimum Gasteiger partial charge on any atom is -0.387 e. The van der Waals surface area contributed by atoms with Crippen LogP contribution in [0.15, 0.2) is 48.5 Å². The summed E-state index contributed by atoms with van der Waals surface area (Å²) in [6, 6.07) is 14.1. The van der Waals surface area contributed by atoms with Crippen molar-refractivity contribution >= 4 is 0 Å². The number of benzene rings is 2. The van der Waals surface area contributed by atoms with Gasteiger partial charge in [0.05, 0.1) is 6.10 Å². The summed E-state index contributed by atoms with van der Waals surface area (Å²) in [5, 5.41) is 10.7. The second-order valence-electron chi connectivity index (χ2n) is 5.49. The second kappa shape index (κ2) is 5.14. The van der Waals surface area contributed by atoms with Gasteiger partial charge in [0, 0.05) is 5.41 Å². The lowest BCUT2D eigenvalue weighted by Gasteiger charge is -2.32. The monoisotopic (exact) mass is 258 g/mol. The van der Waals surface area contributed by atoms with Gasteiger partial charge >= 0.3 is 0 Å². The minimum atomic E-state index is -0.626. The van der Waals surface area contributed by atoms with Gasteiger partial charge in [0.15, 0.2) is 0 Å². The van der Waals surface area contributed by atoms with Crippen molar-refractivity contribution in [2.24, 2.45) is 0 Å². The van der Waals surface area contributed by atoms with E-state index in [1.165, 1.54) is 12.1 Å². The highest BCUT2D eigenvalue weighted by atomic mass is 19.1. The highest BCUT2D eigenvalue weighted by Gasteiger charge is 2.31. The van der Waals surface area contributed by atoms with Gasteiger partial charge in [-0.2, -0.15) is 0 Å². The third-order valence-corrected chi connectivity index (χ3v) is 3.75. The number of aliphatic hydroxyl groups excluding tert-OH is 1. The van der Waals surface area contributed by atoms with Gasteiger partial charge in [-0.05, 0) is 35.7 Å². The van der Waals surface area contributed by atoms with E-state index in [2.05, 4.69) is 0 Å². The molecule has 100 valence electrons. The summed E-state index contributed by atoms with van der Waals surface area (Å²) in [5.74, 6) is -0.259. The average molecular weight is 258 g/mol. The first-order valence-electron chi connectivity index (χ1n) is 6.42. The van der Waals surface area contributed by atoms with Gasteiger partial charge in [-0.25, -0.2) is 4.39 Å². The van der Waals surface area contributed by atoms with Gasteiger partial charge in [0.1, 0.15) is 5.82 Å². The lowest BCUT2D eigenvalue weighted by Crippen LogP contribution is -2.27. The Balaban J connectivity index is 2.39. The van der Waals surface area contributed by atoms with Crippen LogP contribution in [0.2, 0.25) is 0 Å². The predicted molar refractivity (Wildman–Crippen MR) is 75.6 cm³/mol. The first kappa shape index (κ1) is 13.8. The third kappa shape index (κ3) is 2.69. The molecular formula is C17H19FO. The van der Waals surface area contributed by atoms with Crippen LogP contribution in [0.5, 0.6) is 0 Å². The van der Waals surface area contributed by atoms with Crippen molar-refractivity contribution < 1.29 is 9.50 Å². The SMILES string of the molecule is Cc1ccccc1C(O)C(C)(C)c1ccc(F)cc1. The summed E-state index contributed by atoms with van der Waals surface area (Å²) in [5.41, 5.74) is 2.42. The number of hydrogen-bond donors (Lipinski definition) is 1. The molecule has 0 aliphatic heterocycles. The maximum absolute atomic E-state index is 13.0. The van der Waals surface area contributed by atoms with Gasteiger partial charge in [-0.15, -0.1) is 0 Å². The number of hydrogen-bond acceptors (Lipinski definition) is 1. The van der Waals surface area contributed by atoms with E-state index < -0.39 is 11.5 Å². The Labute approximate surface area is 113 Å². The fourth-order valence-corrected chi connectivity index (χ4v) is 2.32. The Hall–Kier alpha value is -1.67. The van der Waals surface area contributed by atoms with E-state index in [-0.39, 0.29) is 5.82 Å². The summed E-state index contributed by atoms with van der Waals surface area (Å²) < 4.78 is 13.0. The highest BCUT2D eigenvalue weighted by Crippen LogP contribution is 2.37. The molecule has 0 bridgehead atoms. The fraction of sp³-hybridized carbons (Fsp3) is 0.294. The predicted octanol–water partition coefficient (Wildman–Crippen LogP) is 4.15.